The Balaban J connectivity index is 1.30. The topological polar surface area (TPSA) is 57.7 Å². The fourth-order valence-electron chi connectivity index (χ4n) is 3.43. The molecule has 31 heavy (non-hydrogen) atoms. The number of thiazole rings is 1. The van der Waals surface area contributed by atoms with Gasteiger partial charge in [0.15, 0.2) is 5.13 Å². The Bertz CT molecular complexity index is 1050. The van der Waals surface area contributed by atoms with E-state index in [0.717, 1.165) is 42.6 Å². The Kier molecular flexibility index (Phi) is 6.70. The predicted molar refractivity (Wildman–Crippen MR) is 123 cm³/mol. The van der Waals surface area contributed by atoms with E-state index in [2.05, 4.69) is 15.1 Å². The van der Waals surface area contributed by atoms with Crippen molar-refractivity contribution in [3.05, 3.63) is 58.7 Å². The normalized spacial score (nSPS) is 14.5. The Labute approximate surface area is 189 Å². The molecule has 0 spiro atoms. The van der Waals surface area contributed by atoms with Gasteiger partial charge in [-0.2, -0.15) is 0 Å². The van der Waals surface area contributed by atoms with Gasteiger partial charge in [-0.05, 0) is 42.5 Å². The molecule has 4 rings (SSSR count). The molecule has 0 saturated carbocycles. The first kappa shape index (κ1) is 21.5. The smallest absolute Gasteiger partial charge is 0.238 e. The lowest BCUT2D eigenvalue weighted by Gasteiger charge is -2.34. The molecule has 1 N–H and O–H groups in total. The highest BCUT2D eigenvalue weighted by atomic mass is 35.5. The molecule has 1 aliphatic heterocycles. The lowest BCUT2D eigenvalue weighted by atomic mass is 10.2. The molecule has 0 radical (unpaired) electrons. The number of rotatable bonds is 6. The molecule has 0 bridgehead atoms. The SMILES string of the molecule is COc1ccc(Cl)cc1NC(=O)CN1CCN(c2nc(-c3ccc(F)cc3)cs2)CC1. The number of carbonyl (C=O) groups excluding carboxylic acids is 1. The van der Waals surface area contributed by atoms with Gasteiger partial charge in [0, 0.05) is 42.1 Å². The zero-order valence-corrected chi connectivity index (χ0v) is 18.5. The van der Waals surface area contributed by atoms with Crippen LogP contribution in [0.15, 0.2) is 47.8 Å². The van der Waals surface area contributed by atoms with Crippen molar-refractivity contribution in [2.75, 3.05) is 50.1 Å². The molecule has 0 aliphatic carbocycles. The number of hydrogen-bond donors (Lipinski definition) is 1. The number of amides is 1. The fourth-order valence-corrected chi connectivity index (χ4v) is 4.49. The molecule has 0 atom stereocenters. The zero-order chi connectivity index (χ0) is 21.8. The minimum atomic E-state index is -0.256. The summed E-state index contributed by atoms with van der Waals surface area (Å²) in [5, 5.41) is 6.34. The number of benzene rings is 2. The van der Waals surface area contributed by atoms with Crippen molar-refractivity contribution >= 4 is 39.7 Å². The predicted octanol–water partition coefficient (Wildman–Crippen LogP) is 4.37. The van der Waals surface area contributed by atoms with Crippen LogP contribution in [0.4, 0.5) is 15.2 Å². The van der Waals surface area contributed by atoms with Crippen LogP contribution in [0.5, 0.6) is 5.75 Å². The molecule has 3 aromatic rings. The number of piperazine rings is 1. The molecule has 1 saturated heterocycles. The molecule has 2 heterocycles. The Morgan fingerprint density at radius 2 is 1.94 bits per heavy atom. The summed E-state index contributed by atoms with van der Waals surface area (Å²) in [5.41, 5.74) is 2.31. The van der Waals surface area contributed by atoms with Crippen molar-refractivity contribution in [1.29, 1.82) is 0 Å². The van der Waals surface area contributed by atoms with Gasteiger partial charge in [0.05, 0.1) is 25.0 Å². The van der Waals surface area contributed by atoms with Crippen LogP contribution in [0.25, 0.3) is 11.3 Å². The van der Waals surface area contributed by atoms with Gasteiger partial charge in [-0.3, -0.25) is 9.69 Å². The van der Waals surface area contributed by atoms with E-state index in [-0.39, 0.29) is 11.7 Å². The first-order chi connectivity index (χ1) is 15.0. The van der Waals surface area contributed by atoms with Gasteiger partial charge in [-0.25, -0.2) is 9.37 Å². The molecule has 1 fully saturated rings. The summed E-state index contributed by atoms with van der Waals surface area (Å²) >= 11 is 7.60. The molecule has 162 valence electrons. The van der Waals surface area contributed by atoms with Gasteiger partial charge in [0.2, 0.25) is 5.91 Å². The second kappa shape index (κ2) is 9.64. The highest BCUT2D eigenvalue weighted by Gasteiger charge is 2.21. The number of carbonyl (C=O) groups is 1. The van der Waals surface area contributed by atoms with E-state index in [0.29, 0.717) is 23.0 Å². The summed E-state index contributed by atoms with van der Waals surface area (Å²) in [5.74, 6) is 0.207. The molecule has 1 amide bonds. The molecule has 2 aromatic carbocycles. The van der Waals surface area contributed by atoms with Gasteiger partial charge in [0.1, 0.15) is 11.6 Å². The molecule has 9 heteroatoms. The molecule has 1 aliphatic rings. The molecular formula is C22H22ClFN4O2S. The lowest BCUT2D eigenvalue weighted by molar-refractivity contribution is -0.117. The van der Waals surface area contributed by atoms with E-state index in [1.807, 2.05) is 5.38 Å². The summed E-state index contributed by atoms with van der Waals surface area (Å²) in [4.78, 5) is 21.5. The van der Waals surface area contributed by atoms with Crippen LogP contribution in [0.3, 0.4) is 0 Å². The number of methoxy groups -OCH3 is 1. The first-order valence-electron chi connectivity index (χ1n) is 9.84. The minimum absolute atomic E-state index is 0.109. The van der Waals surface area contributed by atoms with Crippen LogP contribution in [0.2, 0.25) is 5.02 Å². The highest BCUT2D eigenvalue weighted by molar-refractivity contribution is 7.14. The number of anilines is 2. The number of hydrogen-bond acceptors (Lipinski definition) is 6. The second-order valence-corrected chi connectivity index (χ2v) is 8.45. The second-order valence-electron chi connectivity index (χ2n) is 7.18. The third kappa shape index (κ3) is 5.33. The third-order valence-electron chi connectivity index (χ3n) is 5.08. The summed E-state index contributed by atoms with van der Waals surface area (Å²) in [6.07, 6.45) is 0. The van der Waals surface area contributed by atoms with Crippen LogP contribution < -0.4 is 15.0 Å². The maximum Gasteiger partial charge on any atom is 0.238 e. The van der Waals surface area contributed by atoms with Crippen LogP contribution in [0, 0.1) is 5.82 Å². The summed E-state index contributed by atoms with van der Waals surface area (Å²) < 4.78 is 18.4. The van der Waals surface area contributed by atoms with Gasteiger partial charge < -0.3 is 15.0 Å². The number of halogens is 2. The Morgan fingerprint density at radius 3 is 2.65 bits per heavy atom. The molecule has 1 aromatic heterocycles. The van der Waals surface area contributed by atoms with E-state index in [1.165, 1.54) is 12.1 Å². The van der Waals surface area contributed by atoms with E-state index in [9.17, 15) is 9.18 Å². The van der Waals surface area contributed by atoms with Gasteiger partial charge >= 0.3 is 0 Å². The monoisotopic (exact) mass is 460 g/mol. The van der Waals surface area contributed by atoms with Crippen molar-refractivity contribution in [1.82, 2.24) is 9.88 Å². The van der Waals surface area contributed by atoms with Gasteiger partial charge in [-0.1, -0.05) is 11.6 Å². The summed E-state index contributed by atoms with van der Waals surface area (Å²) in [7, 11) is 1.55. The number of nitrogens with zero attached hydrogens (tertiary/aromatic N) is 3. The number of aromatic nitrogens is 1. The largest absolute Gasteiger partial charge is 0.495 e. The average Bonchev–Trinajstić information content (AvgIpc) is 3.25. The first-order valence-corrected chi connectivity index (χ1v) is 11.1. The standard InChI is InChI=1S/C22H22ClFN4O2S/c1-30-20-7-4-16(23)12-18(20)25-21(29)13-27-8-10-28(11-9-27)22-26-19(14-31-22)15-2-5-17(24)6-3-15/h2-7,12,14H,8-11,13H2,1H3,(H,25,29). The maximum atomic E-state index is 13.1. The average molecular weight is 461 g/mol. The van der Waals surface area contributed by atoms with Crippen LogP contribution in [-0.4, -0.2) is 55.6 Å². The van der Waals surface area contributed by atoms with Crippen molar-refractivity contribution < 1.29 is 13.9 Å². The van der Waals surface area contributed by atoms with Crippen LogP contribution in [-0.2, 0) is 4.79 Å². The van der Waals surface area contributed by atoms with Crippen molar-refractivity contribution in [3.8, 4) is 17.0 Å². The van der Waals surface area contributed by atoms with E-state index in [4.69, 9.17) is 21.3 Å². The van der Waals surface area contributed by atoms with Gasteiger partial charge in [0.25, 0.3) is 0 Å². The van der Waals surface area contributed by atoms with Crippen molar-refractivity contribution in [3.63, 3.8) is 0 Å². The van der Waals surface area contributed by atoms with Crippen LogP contribution >= 0.6 is 22.9 Å². The van der Waals surface area contributed by atoms with Gasteiger partial charge in [-0.15, -0.1) is 11.3 Å². The maximum absolute atomic E-state index is 13.1. The minimum Gasteiger partial charge on any atom is -0.495 e. The molecule has 6 nitrogen and oxygen atoms in total. The lowest BCUT2D eigenvalue weighted by Crippen LogP contribution is -2.48. The zero-order valence-electron chi connectivity index (χ0n) is 17.0. The molecular weight excluding hydrogens is 439 g/mol. The van der Waals surface area contributed by atoms with Crippen molar-refractivity contribution in [2.24, 2.45) is 0 Å². The molecule has 0 unspecified atom stereocenters. The number of nitrogens with one attached hydrogen (secondary N) is 1. The number of ether oxygens (including phenoxy) is 1. The van der Waals surface area contributed by atoms with E-state index >= 15 is 0 Å². The highest BCUT2D eigenvalue weighted by Crippen LogP contribution is 2.29. The Hall–Kier alpha value is -2.68. The Morgan fingerprint density at radius 1 is 1.19 bits per heavy atom. The van der Waals surface area contributed by atoms with Crippen LogP contribution in [0.1, 0.15) is 0 Å². The summed E-state index contributed by atoms with van der Waals surface area (Å²) in [6.45, 7) is 3.37. The third-order valence-corrected chi connectivity index (χ3v) is 6.21. The van der Waals surface area contributed by atoms with E-state index in [1.54, 1.807) is 48.8 Å². The van der Waals surface area contributed by atoms with Crippen molar-refractivity contribution in [2.45, 2.75) is 0 Å². The fraction of sp³-hybridized carbons (Fsp3) is 0.273. The summed E-state index contributed by atoms with van der Waals surface area (Å²) in [6, 6.07) is 11.5. The van der Waals surface area contributed by atoms with E-state index < -0.39 is 0 Å². The quantitative estimate of drug-likeness (QED) is 0.592.